The molecule has 0 aromatic carbocycles. The van der Waals surface area contributed by atoms with Gasteiger partial charge in [-0.1, -0.05) is 58.3 Å². The average molecular weight is 245 g/mol. The molecule has 0 aliphatic carbocycles. The van der Waals surface area contributed by atoms with Crippen LogP contribution in [0.3, 0.4) is 0 Å². The number of hydrogen-bond acceptors (Lipinski definition) is 3. The summed E-state index contributed by atoms with van der Waals surface area (Å²) in [5.41, 5.74) is 5.29. The van der Waals surface area contributed by atoms with Crippen LogP contribution in [0, 0.1) is 0 Å². The summed E-state index contributed by atoms with van der Waals surface area (Å²) < 4.78 is 0. The van der Waals surface area contributed by atoms with Crippen LogP contribution < -0.4 is 5.73 Å². The topological polar surface area (TPSA) is 66.5 Å². The van der Waals surface area contributed by atoms with Crippen LogP contribution in [0.5, 0.6) is 0 Å². The van der Waals surface area contributed by atoms with Crippen molar-refractivity contribution in [3.63, 3.8) is 0 Å². The molecule has 2 atom stereocenters. The van der Waals surface area contributed by atoms with Gasteiger partial charge >= 0.3 is 0 Å². The number of aliphatic hydroxyl groups is 2. The summed E-state index contributed by atoms with van der Waals surface area (Å²) >= 11 is 0. The number of aliphatic hydroxyl groups excluding tert-OH is 2. The van der Waals surface area contributed by atoms with Crippen molar-refractivity contribution in [1.29, 1.82) is 0 Å². The maximum atomic E-state index is 9.61. The van der Waals surface area contributed by atoms with Crippen molar-refractivity contribution < 1.29 is 10.2 Å². The molecule has 104 valence electrons. The van der Waals surface area contributed by atoms with E-state index in [-0.39, 0.29) is 12.6 Å². The summed E-state index contributed by atoms with van der Waals surface area (Å²) in [4.78, 5) is 0. The van der Waals surface area contributed by atoms with Gasteiger partial charge in [-0.3, -0.25) is 0 Å². The lowest BCUT2D eigenvalue weighted by molar-refractivity contribution is 0.0783. The lowest BCUT2D eigenvalue weighted by Gasteiger charge is -2.13. The summed E-state index contributed by atoms with van der Waals surface area (Å²) in [7, 11) is 0. The highest BCUT2D eigenvalue weighted by atomic mass is 16.3. The fraction of sp³-hybridized carbons (Fsp3) is 1.00. The van der Waals surface area contributed by atoms with E-state index in [0.29, 0.717) is 6.42 Å². The molecule has 3 heteroatoms. The van der Waals surface area contributed by atoms with E-state index in [9.17, 15) is 10.2 Å². The SMILES string of the molecule is CCCCCCCCCCC(O)CC(O)CN. The van der Waals surface area contributed by atoms with Crippen LogP contribution >= 0.6 is 0 Å². The van der Waals surface area contributed by atoms with Gasteiger partial charge in [-0.2, -0.15) is 0 Å². The van der Waals surface area contributed by atoms with Crippen molar-refractivity contribution in [3.05, 3.63) is 0 Å². The number of hydrogen-bond donors (Lipinski definition) is 3. The summed E-state index contributed by atoms with van der Waals surface area (Å²) in [5.74, 6) is 0. The predicted octanol–water partition coefficient (Wildman–Crippen LogP) is 2.59. The summed E-state index contributed by atoms with van der Waals surface area (Å²) in [6, 6.07) is 0. The Kier molecular flexibility index (Phi) is 12.3. The third-order valence-corrected chi connectivity index (χ3v) is 3.21. The van der Waals surface area contributed by atoms with Crippen molar-refractivity contribution >= 4 is 0 Å². The van der Waals surface area contributed by atoms with Crippen LogP contribution in [0.4, 0.5) is 0 Å². The second-order valence-corrected chi connectivity index (χ2v) is 5.04. The Morgan fingerprint density at radius 3 is 1.88 bits per heavy atom. The molecule has 0 bridgehead atoms. The molecule has 0 aromatic heterocycles. The number of nitrogens with two attached hydrogens (primary N) is 1. The van der Waals surface area contributed by atoms with Gasteiger partial charge in [0.2, 0.25) is 0 Å². The monoisotopic (exact) mass is 245 g/mol. The first-order valence-electron chi connectivity index (χ1n) is 7.26. The molecular weight excluding hydrogens is 214 g/mol. The molecule has 0 aliphatic rings. The Morgan fingerprint density at radius 1 is 0.824 bits per heavy atom. The maximum absolute atomic E-state index is 9.61. The first-order valence-corrected chi connectivity index (χ1v) is 7.26. The molecular formula is C14H31NO2. The van der Waals surface area contributed by atoms with Crippen LogP contribution in [0.25, 0.3) is 0 Å². The normalized spacial score (nSPS) is 14.8. The third-order valence-electron chi connectivity index (χ3n) is 3.21. The van der Waals surface area contributed by atoms with Crippen molar-refractivity contribution in [2.75, 3.05) is 6.54 Å². The standard InChI is InChI=1S/C14H31NO2/c1-2-3-4-5-6-7-8-9-10-13(16)11-14(17)12-15/h13-14,16-17H,2-12,15H2,1H3. The van der Waals surface area contributed by atoms with Gasteiger partial charge in [0.1, 0.15) is 0 Å². The predicted molar refractivity (Wildman–Crippen MR) is 72.9 cm³/mol. The smallest absolute Gasteiger partial charge is 0.0687 e. The fourth-order valence-electron chi connectivity index (χ4n) is 2.04. The Labute approximate surface area is 106 Å². The molecule has 0 saturated heterocycles. The summed E-state index contributed by atoms with van der Waals surface area (Å²) in [6.07, 6.45) is 10.5. The summed E-state index contributed by atoms with van der Waals surface area (Å²) in [5, 5.41) is 18.9. The van der Waals surface area contributed by atoms with E-state index in [2.05, 4.69) is 6.92 Å². The Balaban J connectivity index is 3.16. The van der Waals surface area contributed by atoms with Gasteiger partial charge in [0.15, 0.2) is 0 Å². The second-order valence-electron chi connectivity index (χ2n) is 5.04. The van der Waals surface area contributed by atoms with Gasteiger partial charge in [-0.05, 0) is 6.42 Å². The Hall–Kier alpha value is -0.120. The van der Waals surface area contributed by atoms with E-state index < -0.39 is 6.10 Å². The van der Waals surface area contributed by atoms with Gasteiger partial charge in [-0.25, -0.2) is 0 Å². The molecule has 0 fully saturated rings. The van der Waals surface area contributed by atoms with Crippen molar-refractivity contribution in [3.8, 4) is 0 Å². The highest BCUT2D eigenvalue weighted by Crippen LogP contribution is 2.12. The molecule has 0 rings (SSSR count). The van der Waals surface area contributed by atoms with Crippen molar-refractivity contribution in [1.82, 2.24) is 0 Å². The molecule has 0 amide bonds. The third kappa shape index (κ3) is 12.1. The maximum Gasteiger partial charge on any atom is 0.0687 e. The zero-order valence-corrected chi connectivity index (χ0v) is 11.4. The number of rotatable bonds is 12. The number of unbranched alkanes of at least 4 members (excludes halogenated alkanes) is 7. The highest BCUT2D eigenvalue weighted by Gasteiger charge is 2.09. The lowest BCUT2D eigenvalue weighted by atomic mass is 10.0. The van der Waals surface area contributed by atoms with Crippen LogP contribution in [-0.2, 0) is 0 Å². The first-order chi connectivity index (χ1) is 8.20. The zero-order chi connectivity index (χ0) is 12.9. The van der Waals surface area contributed by atoms with Gasteiger partial charge in [0, 0.05) is 13.0 Å². The van der Waals surface area contributed by atoms with Crippen LogP contribution in [-0.4, -0.2) is 29.0 Å². The quantitative estimate of drug-likeness (QED) is 0.463. The van der Waals surface area contributed by atoms with E-state index in [1.54, 1.807) is 0 Å². The molecule has 0 spiro atoms. The van der Waals surface area contributed by atoms with Crippen molar-refractivity contribution in [2.45, 2.75) is 83.3 Å². The average Bonchev–Trinajstić information content (AvgIpc) is 2.32. The van der Waals surface area contributed by atoms with E-state index in [4.69, 9.17) is 5.73 Å². The molecule has 0 saturated carbocycles. The van der Waals surface area contributed by atoms with E-state index in [1.165, 1.54) is 44.9 Å². The van der Waals surface area contributed by atoms with Gasteiger partial charge in [-0.15, -0.1) is 0 Å². The first kappa shape index (κ1) is 16.9. The molecule has 4 N–H and O–H groups in total. The Bertz CT molecular complexity index is 153. The van der Waals surface area contributed by atoms with Gasteiger partial charge in [0.25, 0.3) is 0 Å². The van der Waals surface area contributed by atoms with Crippen LogP contribution in [0.15, 0.2) is 0 Å². The molecule has 0 aromatic rings. The summed E-state index contributed by atoms with van der Waals surface area (Å²) in [6.45, 7) is 2.48. The molecule has 0 aliphatic heterocycles. The molecule has 0 heterocycles. The molecule has 2 unspecified atom stereocenters. The lowest BCUT2D eigenvalue weighted by Crippen LogP contribution is -2.25. The molecule has 3 nitrogen and oxygen atoms in total. The zero-order valence-electron chi connectivity index (χ0n) is 11.4. The van der Waals surface area contributed by atoms with Crippen LogP contribution in [0.1, 0.15) is 71.1 Å². The minimum absolute atomic E-state index is 0.245. The van der Waals surface area contributed by atoms with Gasteiger partial charge < -0.3 is 15.9 Å². The van der Waals surface area contributed by atoms with Crippen molar-refractivity contribution in [2.24, 2.45) is 5.73 Å². The Morgan fingerprint density at radius 2 is 1.35 bits per heavy atom. The molecule has 0 radical (unpaired) electrons. The van der Waals surface area contributed by atoms with E-state index in [0.717, 1.165) is 12.8 Å². The second kappa shape index (κ2) is 12.3. The van der Waals surface area contributed by atoms with E-state index >= 15 is 0 Å². The molecule has 17 heavy (non-hydrogen) atoms. The highest BCUT2D eigenvalue weighted by molar-refractivity contribution is 4.64. The van der Waals surface area contributed by atoms with E-state index in [1.807, 2.05) is 0 Å². The minimum atomic E-state index is -0.543. The van der Waals surface area contributed by atoms with Gasteiger partial charge in [0.05, 0.1) is 12.2 Å². The fourth-order valence-corrected chi connectivity index (χ4v) is 2.04. The minimum Gasteiger partial charge on any atom is -0.393 e. The largest absolute Gasteiger partial charge is 0.393 e. The van der Waals surface area contributed by atoms with Crippen LogP contribution in [0.2, 0.25) is 0 Å².